The Bertz CT molecular complexity index is 1230. The monoisotopic (exact) mass is 411 g/mol. The molecule has 6 heteroatoms. The van der Waals surface area contributed by atoms with Gasteiger partial charge < -0.3 is 14.8 Å². The number of benzene rings is 3. The summed E-state index contributed by atoms with van der Waals surface area (Å²) >= 11 is 0. The van der Waals surface area contributed by atoms with Gasteiger partial charge in [-0.1, -0.05) is 60.2 Å². The zero-order valence-corrected chi connectivity index (χ0v) is 17.0. The minimum absolute atomic E-state index is 0.191. The van der Waals surface area contributed by atoms with Gasteiger partial charge >= 0.3 is 0 Å². The lowest BCUT2D eigenvalue weighted by atomic mass is 10.1. The number of nitrogens with one attached hydrogen (secondary N) is 1. The molecule has 3 aromatic carbocycles. The predicted molar refractivity (Wildman–Crippen MR) is 118 cm³/mol. The van der Waals surface area contributed by atoms with Gasteiger partial charge in [0.25, 0.3) is 5.91 Å². The fourth-order valence-corrected chi connectivity index (χ4v) is 3.54. The van der Waals surface area contributed by atoms with Crippen LogP contribution in [0.15, 0.2) is 79.0 Å². The number of carbonyl (C=O) groups is 1. The highest BCUT2D eigenvalue weighted by Gasteiger charge is 2.20. The lowest BCUT2D eigenvalue weighted by Crippen LogP contribution is -2.12. The van der Waals surface area contributed by atoms with Crippen LogP contribution in [0.2, 0.25) is 0 Å². The average molecular weight is 411 g/mol. The van der Waals surface area contributed by atoms with Gasteiger partial charge in [-0.3, -0.25) is 9.48 Å². The van der Waals surface area contributed by atoms with Crippen LogP contribution < -0.4 is 14.8 Å². The van der Waals surface area contributed by atoms with Gasteiger partial charge in [0.1, 0.15) is 5.69 Å². The highest BCUT2D eigenvalue weighted by Crippen LogP contribution is 2.34. The molecule has 0 bridgehead atoms. The summed E-state index contributed by atoms with van der Waals surface area (Å²) in [6.07, 6.45) is 1.80. The SMILES string of the molecule is Cc1ccc(-c2nn(Cc3ccccc3)cc2C(=O)Nc2ccc3c(c2)OCO3)cc1. The summed E-state index contributed by atoms with van der Waals surface area (Å²) in [4.78, 5) is 13.2. The number of hydrogen-bond donors (Lipinski definition) is 1. The molecule has 1 amide bonds. The van der Waals surface area contributed by atoms with Crippen LogP contribution in [0.5, 0.6) is 11.5 Å². The van der Waals surface area contributed by atoms with E-state index in [9.17, 15) is 4.79 Å². The molecular formula is C25H21N3O3. The number of amides is 1. The van der Waals surface area contributed by atoms with Crippen molar-refractivity contribution in [2.45, 2.75) is 13.5 Å². The lowest BCUT2D eigenvalue weighted by Gasteiger charge is -2.06. The van der Waals surface area contributed by atoms with Crippen LogP contribution in [-0.4, -0.2) is 22.5 Å². The van der Waals surface area contributed by atoms with E-state index in [-0.39, 0.29) is 12.7 Å². The maximum atomic E-state index is 13.2. The number of nitrogens with zero attached hydrogens (tertiary/aromatic N) is 2. The molecule has 0 unspecified atom stereocenters. The lowest BCUT2D eigenvalue weighted by molar-refractivity contribution is 0.102. The first-order valence-electron chi connectivity index (χ1n) is 10.1. The number of carbonyl (C=O) groups excluding carboxylic acids is 1. The van der Waals surface area contributed by atoms with Crippen molar-refractivity contribution < 1.29 is 14.3 Å². The molecule has 1 aliphatic heterocycles. The fourth-order valence-electron chi connectivity index (χ4n) is 3.54. The first-order valence-corrected chi connectivity index (χ1v) is 10.1. The Morgan fingerprint density at radius 3 is 2.58 bits per heavy atom. The molecule has 0 aliphatic carbocycles. The van der Waals surface area contributed by atoms with Crippen molar-refractivity contribution in [1.82, 2.24) is 9.78 Å². The highest BCUT2D eigenvalue weighted by molar-refractivity contribution is 6.08. The molecule has 0 fully saturated rings. The zero-order valence-electron chi connectivity index (χ0n) is 17.0. The molecule has 1 N–H and O–H groups in total. The standard InChI is InChI=1S/C25H21N3O3/c1-17-7-9-19(10-8-17)24-21(15-28(27-24)14-18-5-3-2-4-6-18)25(29)26-20-11-12-22-23(13-20)31-16-30-22/h2-13,15H,14,16H2,1H3,(H,26,29). The van der Waals surface area contributed by atoms with Crippen LogP contribution in [-0.2, 0) is 6.54 Å². The molecule has 1 aliphatic rings. The number of aromatic nitrogens is 2. The Morgan fingerprint density at radius 1 is 1.00 bits per heavy atom. The van der Waals surface area contributed by atoms with Crippen LogP contribution in [0.1, 0.15) is 21.5 Å². The van der Waals surface area contributed by atoms with Gasteiger partial charge in [-0.2, -0.15) is 5.10 Å². The molecule has 2 heterocycles. The van der Waals surface area contributed by atoms with Crippen LogP contribution >= 0.6 is 0 Å². The summed E-state index contributed by atoms with van der Waals surface area (Å²) in [5, 5.41) is 7.70. The maximum absolute atomic E-state index is 13.2. The number of fused-ring (bicyclic) bond motifs is 1. The molecule has 154 valence electrons. The van der Waals surface area contributed by atoms with Crippen molar-refractivity contribution in [3.63, 3.8) is 0 Å². The first kappa shape index (κ1) is 18.9. The van der Waals surface area contributed by atoms with Crippen LogP contribution in [0.3, 0.4) is 0 Å². The molecule has 0 saturated heterocycles. The van der Waals surface area contributed by atoms with Gasteiger partial charge in [0, 0.05) is 23.5 Å². The third-order valence-corrected chi connectivity index (χ3v) is 5.15. The van der Waals surface area contributed by atoms with Crippen molar-refractivity contribution in [3.05, 3.63) is 95.7 Å². The van der Waals surface area contributed by atoms with Gasteiger partial charge in [-0.25, -0.2) is 0 Å². The summed E-state index contributed by atoms with van der Waals surface area (Å²) in [6.45, 7) is 2.80. The molecule has 6 nitrogen and oxygen atoms in total. The minimum Gasteiger partial charge on any atom is -0.454 e. The van der Waals surface area contributed by atoms with Crippen molar-refractivity contribution in [1.29, 1.82) is 0 Å². The zero-order chi connectivity index (χ0) is 21.2. The number of anilines is 1. The second-order valence-corrected chi connectivity index (χ2v) is 7.46. The molecular weight excluding hydrogens is 390 g/mol. The van der Waals surface area contributed by atoms with Gasteiger partial charge in [-0.15, -0.1) is 0 Å². The third-order valence-electron chi connectivity index (χ3n) is 5.15. The molecule has 1 aromatic heterocycles. The van der Waals surface area contributed by atoms with Crippen LogP contribution in [0.4, 0.5) is 5.69 Å². The summed E-state index contributed by atoms with van der Waals surface area (Å²) < 4.78 is 12.6. The molecule has 0 saturated carbocycles. The Hall–Kier alpha value is -4.06. The van der Waals surface area contributed by atoms with Gasteiger partial charge in [-0.05, 0) is 24.6 Å². The number of rotatable bonds is 5. The van der Waals surface area contributed by atoms with Crippen molar-refractivity contribution in [3.8, 4) is 22.8 Å². The van der Waals surface area contributed by atoms with Gasteiger partial charge in [0.15, 0.2) is 11.5 Å². The molecule has 4 aromatic rings. The summed E-state index contributed by atoms with van der Waals surface area (Å²) in [6, 6.07) is 23.4. The second kappa shape index (κ2) is 7.99. The molecule has 0 atom stereocenters. The molecule has 31 heavy (non-hydrogen) atoms. The van der Waals surface area contributed by atoms with Crippen molar-refractivity contribution in [2.24, 2.45) is 0 Å². The second-order valence-electron chi connectivity index (χ2n) is 7.46. The minimum atomic E-state index is -0.228. The Morgan fingerprint density at radius 2 is 1.77 bits per heavy atom. The van der Waals surface area contributed by atoms with Crippen LogP contribution in [0.25, 0.3) is 11.3 Å². The number of hydrogen-bond acceptors (Lipinski definition) is 4. The summed E-state index contributed by atoms with van der Waals surface area (Å²) in [5.41, 5.74) is 4.96. The van der Waals surface area contributed by atoms with Crippen LogP contribution in [0, 0.1) is 6.92 Å². The topological polar surface area (TPSA) is 65.4 Å². The molecule has 0 radical (unpaired) electrons. The smallest absolute Gasteiger partial charge is 0.259 e. The Balaban J connectivity index is 1.47. The maximum Gasteiger partial charge on any atom is 0.259 e. The van der Waals surface area contributed by atoms with E-state index in [1.54, 1.807) is 29.1 Å². The molecule has 5 rings (SSSR count). The largest absolute Gasteiger partial charge is 0.454 e. The first-order chi connectivity index (χ1) is 15.2. The normalized spacial score (nSPS) is 12.0. The Kier molecular flexibility index (Phi) is 4.88. The van der Waals surface area contributed by atoms with E-state index in [1.165, 1.54) is 0 Å². The predicted octanol–water partition coefficient (Wildman–Crippen LogP) is 4.89. The quantitative estimate of drug-likeness (QED) is 0.508. The Labute approximate surface area is 180 Å². The van der Waals surface area contributed by atoms with Gasteiger partial charge in [0.2, 0.25) is 6.79 Å². The highest BCUT2D eigenvalue weighted by atomic mass is 16.7. The fraction of sp³-hybridized carbons (Fsp3) is 0.120. The summed E-state index contributed by atoms with van der Waals surface area (Å²) in [7, 11) is 0. The van der Waals surface area contributed by atoms with E-state index >= 15 is 0 Å². The van der Waals surface area contributed by atoms with E-state index in [0.29, 0.717) is 35.0 Å². The third kappa shape index (κ3) is 4.00. The van der Waals surface area contributed by atoms with E-state index in [1.807, 2.05) is 61.5 Å². The number of ether oxygens (including phenoxy) is 2. The summed E-state index contributed by atoms with van der Waals surface area (Å²) in [5.74, 6) is 1.07. The van der Waals surface area contributed by atoms with Crippen molar-refractivity contribution in [2.75, 3.05) is 12.1 Å². The molecule has 0 spiro atoms. The van der Waals surface area contributed by atoms with E-state index < -0.39 is 0 Å². The van der Waals surface area contributed by atoms with E-state index in [2.05, 4.69) is 5.32 Å². The average Bonchev–Trinajstić information content (AvgIpc) is 3.42. The van der Waals surface area contributed by atoms with E-state index in [0.717, 1.165) is 16.7 Å². The number of aryl methyl sites for hydroxylation is 1. The van der Waals surface area contributed by atoms with E-state index in [4.69, 9.17) is 14.6 Å². The van der Waals surface area contributed by atoms with Crippen molar-refractivity contribution >= 4 is 11.6 Å². The van der Waals surface area contributed by atoms with Gasteiger partial charge in [0.05, 0.1) is 12.1 Å².